The summed E-state index contributed by atoms with van der Waals surface area (Å²) in [5.74, 6) is 0.511. The molecule has 0 heterocycles. The van der Waals surface area contributed by atoms with Crippen molar-refractivity contribution in [3.63, 3.8) is 0 Å². The minimum Gasteiger partial charge on any atom is -0.377 e. The molecule has 0 N–H and O–H groups in total. The van der Waals surface area contributed by atoms with Crippen LogP contribution in [0.15, 0.2) is 0 Å². The average molecular weight is 208 g/mol. The molecule has 80 valence electrons. The Labute approximate surface area is 81.5 Å². The summed E-state index contributed by atoms with van der Waals surface area (Å²) in [6.07, 6.45) is 0.411. The average Bonchev–Trinajstić information content (AvgIpc) is 2.13. The minimum absolute atomic E-state index is 0.411. The van der Waals surface area contributed by atoms with Crippen molar-refractivity contribution in [2.45, 2.75) is 13.8 Å². The fourth-order valence-corrected chi connectivity index (χ4v) is 2.07. The van der Waals surface area contributed by atoms with E-state index in [0.717, 1.165) is 0 Å². The summed E-state index contributed by atoms with van der Waals surface area (Å²) in [6, 6.07) is 0. The monoisotopic (exact) mass is 208 g/mol. The zero-order valence-corrected chi connectivity index (χ0v) is 10.1. The van der Waals surface area contributed by atoms with E-state index < -0.39 is 8.80 Å². The third-order valence-electron chi connectivity index (χ3n) is 1.66. The van der Waals surface area contributed by atoms with Crippen molar-refractivity contribution in [2.24, 2.45) is 5.92 Å². The predicted octanol–water partition coefficient (Wildman–Crippen LogP) is 1.08. The van der Waals surface area contributed by atoms with Crippen LogP contribution in [0, 0.1) is 5.92 Å². The van der Waals surface area contributed by atoms with Crippen LogP contribution >= 0.6 is 0 Å². The van der Waals surface area contributed by atoms with Crippen molar-refractivity contribution in [3.05, 3.63) is 0 Å². The third-order valence-corrected chi connectivity index (χ3v) is 4.09. The normalized spacial score (nSPS) is 12.5. The van der Waals surface area contributed by atoms with Crippen LogP contribution in [0.3, 0.4) is 0 Å². The Balaban J connectivity index is 3.81. The van der Waals surface area contributed by atoms with Crippen molar-refractivity contribution in [1.82, 2.24) is 0 Å². The Morgan fingerprint density at radius 1 is 1.00 bits per heavy atom. The maximum atomic E-state index is 5.42. The van der Waals surface area contributed by atoms with E-state index in [4.69, 9.17) is 18.0 Å². The summed E-state index contributed by atoms with van der Waals surface area (Å²) in [4.78, 5) is 0. The molecule has 0 aliphatic rings. The summed E-state index contributed by atoms with van der Waals surface area (Å²) >= 11 is 0. The molecule has 13 heavy (non-hydrogen) atoms. The Kier molecular flexibility index (Phi) is 6.53. The first kappa shape index (κ1) is 13.1. The fourth-order valence-electron chi connectivity index (χ4n) is 0.846. The van der Waals surface area contributed by atoms with E-state index >= 15 is 0 Å². The van der Waals surface area contributed by atoms with E-state index in [2.05, 4.69) is 13.8 Å². The van der Waals surface area contributed by atoms with Crippen molar-refractivity contribution >= 4 is 8.80 Å². The summed E-state index contributed by atoms with van der Waals surface area (Å²) in [6.45, 7) is 4.89. The zero-order chi connectivity index (χ0) is 10.3. The standard InChI is InChI=1S/C8H20O4Si/c1-8(2)6-12-7-13(9-3,10-4)11-5/h8H,6-7H2,1-5H3. The highest BCUT2D eigenvalue weighted by Crippen LogP contribution is 2.07. The molecule has 0 unspecified atom stereocenters. The van der Waals surface area contributed by atoms with E-state index in [1.54, 1.807) is 21.3 Å². The van der Waals surface area contributed by atoms with E-state index in [1.165, 1.54) is 0 Å². The van der Waals surface area contributed by atoms with Crippen LogP contribution < -0.4 is 0 Å². The number of hydrogen-bond donors (Lipinski definition) is 0. The molecule has 0 amide bonds. The molecule has 0 radical (unpaired) electrons. The van der Waals surface area contributed by atoms with Crippen LogP contribution in [0.4, 0.5) is 0 Å². The van der Waals surface area contributed by atoms with Crippen LogP contribution in [0.2, 0.25) is 0 Å². The van der Waals surface area contributed by atoms with Crippen LogP contribution in [0.5, 0.6) is 0 Å². The van der Waals surface area contributed by atoms with Gasteiger partial charge in [-0.15, -0.1) is 0 Å². The molecule has 0 aromatic carbocycles. The van der Waals surface area contributed by atoms with Crippen molar-refractivity contribution < 1.29 is 18.0 Å². The predicted molar refractivity (Wildman–Crippen MR) is 52.4 cm³/mol. The van der Waals surface area contributed by atoms with Gasteiger partial charge in [-0.05, 0) is 5.92 Å². The summed E-state index contributed by atoms with van der Waals surface area (Å²) in [7, 11) is 2.24. The van der Waals surface area contributed by atoms with E-state index in [-0.39, 0.29) is 0 Å². The lowest BCUT2D eigenvalue weighted by Gasteiger charge is -2.24. The second kappa shape index (κ2) is 6.50. The molecule has 0 rings (SSSR count). The van der Waals surface area contributed by atoms with Crippen LogP contribution in [-0.2, 0) is 18.0 Å². The molecular weight excluding hydrogens is 188 g/mol. The summed E-state index contributed by atoms with van der Waals surface area (Å²) in [5.41, 5.74) is 0. The molecule has 0 bridgehead atoms. The van der Waals surface area contributed by atoms with Gasteiger partial charge in [0.05, 0.1) is 0 Å². The first-order valence-corrected chi connectivity index (χ1v) is 6.26. The molecule has 0 aromatic heterocycles. The van der Waals surface area contributed by atoms with Crippen molar-refractivity contribution in [3.8, 4) is 0 Å². The van der Waals surface area contributed by atoms with E-state index in [0.29, 0.717) is 18.8 Å². The molecule has 5 heteroatoms. The maximum Gasteiger partial charge on any atom is 0.527 e. The lowest BCUT2D eigenvalue weighted by molar-refractivity contribution is 0.0550. The van der Waals surface area contributed by atoms with Gasteiger partial charge in [0.2, 0.25) is 0 Å². The van der Waals surface area contributed by atoms with Crippen LogP contribution in [-0.4, -0.2) is 43.0 Å². The molecule has 0 aromatic rings. The lowest BCUT2D eigenvalue weighted by Crippen LogP contribution is -2.48. The summed E-state index contributed by atoms with van der Waals surface area (Å²) < 4.78 is 21.0. The first-order chi connectivity index (χ1) is 6.10. The maximum absolute atomic E-state index is 5.42. The number of ether oxygens (including phenoxy) is 1. The molecule has 0 aliphatic carbocycles. The topological polar surface area (TPSA) is 36.9 Å². The number of hydrogen-bond acceptors (Lipinski definition) is 4. The molecular formula is C8H20O4Si. The molecule has 0 aliphatic heterocycles. The second-order valence-corrected chi connectivity index (χ2v) is 6.08. The highest BCUT2D eigenvalue weighted by molar-refractivity contribution is 6.60. The lowest BCUT2D eigenvalue weighted by atomic mass is 10.2. The van der Waals surface area contributed by atoms with Gasteiger partial charge >= 0.3 is 8.80 Å². The fraction of sp³-hybridized carbons (Fsp3) is 1.00. The SMILES string of the molecule is CO[Si](COCC(C)C)(OC)OC. The molecule has 0 saturated heterocycles. The van der Waals surface area contributed by atoms with Gasteiger partial charge < -0.3 is 18.0 Å². The largest absolute Gasteiger partial charge is 0.527 e. The van der Waals surface area contributed by atoms with E-state index in [1.807, 2.05) is 0 Å². The first-order valence-electron chi connectivity index (χ1n) is 4.33. The Morgan fingerprint density at radius 3 is 1.77 bits per heavy atom. The van der Waals surface area contributed by atoms with Gasteiger partial charge in [-0.2, -0.15) is 0 Å². The smallest absolute Gasteiger partial charge is 0.377 e. The Morgan fingerprint density at radius 2 is 1.46 bits per heavy atom. The molecule has 0 fully saturated rings. The minimum atomic E-state index is -2.51. The third kappa shape index (κ3) is 4.73. The quantitative estimate of drug-likeness (QED) is 0.587. The van der Waals surface area contributed by atoms with E-state index in [9.17, 15) is 0 Å². The van der Waals surface area contributed by atoms with Crippen LogP contribution in [0.25, 0.3) is 0 Å². The molecule has 0 spiro atoms. The van der Waals surface area contributed by atoms with Gasteiger partial charge in [-0.25, -0.2) is 0 Å². The van der Waals surface area contributed by atoms with Gasteiger partial charge in [0.1, 0.15) is 6.23 Å². The highest BCUT2D eigenvalue weighted by atomic mass is 28.4. The second-order valence-electron chi connectivity index (χ2n) is 3.20. The van der Waals surface area contributed by atoms with Gasteiger partial charge in [-0.3, -0.25) is 0 Å². The summed E-state index contributed by atoms with van der Waals surface area (Å²) in [5, 5.41) is 0. The van der Waals surface area contributed by atoms with Gasteiger partial charge in [0.15, 0.2) is 0 Å². The van der Waals surface area contributed by atoms with Crippen molar-refractivity contribution in [1.29, 1.82) is 0 Å². The van der Waals surface area contributed by atoms with Gasteiger partial charge in [0.25, 0.3) is 0 Å². The van der Waals surface area contributed by atoms with Gasteiger partial charge in [-0.1, -0.05) is 13.8 Å². The molecule has 0 atom stereocenters. The Bertz CT molecular complexity index is 117. The van der Waals surface area contributed by atoms with Gasteiger partial charge in [0, 0.05) is 27.9 Å². The zero-order valence-electron chi connectivity index (χ0n) is 9.12. The van der Waals surface area contributed by atoms with Crippen molar-refractivity contribution in [2.75, 3.05) is 34.2 Å². The molecule has 4 nitrogen and oxygen atoms in total. The molecule has 0 saturated carbocycles. The Hall–Kier alpha value is 0.0569. The van der Waals surface area contributed by atoms with Crippen LogP contribution in [0.1, 0.15) is 13.8 Å². The highest BCUT2D eigenvalue weighted by Gasteiger charge is 2.38. The number of rotatable bonds is 7.